The number of imidazole rings is 1. The van der Waals surface area contributed by atoms with Gasteiger partial charge in [-0.25, -0.2) is 4.79 Å². The van der Waals surface area contributed by atoms with Crippen molar-refractivity contribution in [2.75, 3.05) is 0 Å². The molecule has 1 N–H and O–H groups in total. The van der Waals surface area contributed by atoms with Crippen LogP contribution in [-0.2, 0) is 0 Å². The van der Waals surface area contributed by atoms with Crippen molar-refractivity contribution in [3.05, 3.63) is 59.9 Å². The molecule has 5 heteroatoms. The maximum atomic E-state index is 11.4. The zero-order valence-corrected chi connectivity index (χ0v) is 10.8. The van der Waals surface area contributed by atoms with E-state index < -0.39 is 5.97 Å². The molecule has 0 saturated heterocycles. The van der Waals surface area contributed by atoms with Gasteiger partial charge in [0.05, 0.1) is 0 Å². The maximum absolute atomic E-state index is 11.4. The highest BCUT2D eigenvalue weighted by Crippen LogP contribution is 2.26. The Morgan fingerprint density at radius 2 is 1.95 bits per heavy atom. The predicted octanol–water partition coefficient (Wildman–Crippen LogP) is 3.13. The van der Waals surface area contributed by atoms with Crippen molar-refractivity contribution in [3.63, 3.8) is 0 Å². The van der Waals surface area contributed by atoms with E-state index in [1.165, 1.54) is 4.40 Å². The number of aromatic carboxylic acids is 1. The molecule has 3 aromatic rings. The van der Waals surface area contributed by atoms with Crippen LogP contribution in [0.4, 0.5) is 0 Å². The Balaban J connectivity index is 2.08. The number of benzene rings is 1. The lowest BCUT2D eigenvalue weighted by atomic mass is 10.2. The summed E-state index contributed by atoms with van der Waals surface area (Å²) in [5.41, 5.74) is 1.65. The molecule has 0 atom stereocenters. The molecule has 0 bridgehead atoms. The van der Waals surface area contributed by atoms with Gasteiger partial charge in [-0.05, 0) is 31.2 Å². The first-order valence-corrected chi connectivity index (χ1v) is 6.10. The molecule has 0 unspecified atom stereocenters. The molecule has 20 heavy (non-hydrogen) atoms. The van der Waals surface area contributed by atoms with E-state index >= 15 is 0 Å². The molecule has 0 amide bonds. The molecular formula is C15H12N2O3. The van der Waals surface area contributed by atoms with Crippen LogP contribution in [0.15, 0.2) is 48.7 Å². The van der Waals surface area contributed by atoms with E-state index in [-0.39, 0.29) is 11.6 Å². The highest BCUT2D eigenvalue weighted by Gasteiger charge is 2.20. The van der Waals surface area contributed by atoms with Crippen molar-refractivity contribution in [3.8, 4) is 11.6 Å². The molecule has 2 aromatic heterocycles. The minimum Gasteiger partial charge on any atom is -0.476 e. The molecule has 5 nitrogen and oxygen atoms in total. The lowest BCUT2D eigenvalue weighted by Crippen LogP contribution is -2.03. The minimum atomic E-state index is -1.08. The smallest absolute Gasteiger partial charge is 0.358 e. The molecule has 0 aliphatic heterocycles. The number of aromatic nitrogens is 2. The first kappa shape index (κ1) is 12.2. The summed E-state index contributed by atoms with van der Waals surface area (Å²) in [6.07, 6.45) is 1.65. The second-order valence-electron chi connectivity index (χ2n) is 4.41. The van der Waals surface area contributed by atoms with Gasteiger partial charge in [0.25, 0.3) is 5.88 Å². The Labute approximate surface area is 115 Å². The van der Waals surface area contributed by atoms with Crippen molar-refractivity contribution in [2.24, 2.45) is 0 Å². The highest BCUT2D eigenvalue weighted by atomic mass is 16.5. The van der Waals surface area contributed by atoms with Gasteiger partial charge in [0.2, 0.25) is 0 Å². The first-order valence-electron chi connectivity index (χ1n) is 6.10. The summed E-state index contributed by atoms with van der Waals surface area (Å²) in [6, 6.07) is 12.6. The Kier molecular flexibility index (Phi) is 2.87. The molecule has 2 heterocycles. The number of pyridine rings is 1. The molecular weight excluding hydrogens is 256 g/mol. The maximum Gasteiger partial charge on any atom is 0.358 e. The Bertz CT molecular complexity index is 775. The fourth-order valence-electron chi connectivity index (χ4n) is 1.96. The van der Waals surface area contributed by atoms with Gasteiger partial charge in [-0.3, -0.25) is 4.40 Å². The van der Waals surface area contributed by atoms with E-state index in [0.717, 1.165) is 5.56 Å². The summed E-state index contributed by atoms with van der Waals surface area (Å²) in [5, 5.41) is 9.33. The number of hydrogen-bond donors (Lipinski definition) is 1. The van der Waals surface area contributed by atoms with Crippen LogP contribution in [0.1, 0.15) is 16.1 Å². The van der Waals surface area contributed by atoms with Crippen LogP contribution < -0.4 is 4.74 Å². The van der Waals surface area contributed by atoms with Crippen molar-refractivity contribution >= 4 is 11.6 Å². The summed E-state index contributed by atoms with van der Waals surface area (Å²) in [7, 11) is 0. The third-order valence-electron chi connectivity index (χ3n) is 2.94. The highest BCUT2D eigenvalue weighted by molar-refractivity contribution is 5.89. The van der Waals surface area contributed by atoms with Gasteiger partial charge < -0.3 is 9.84 Å². The second kappa shape index (κ2) is 4.70. The van der Waals surface area contributed by atoms with Crippen LogP contribution >= 0.6 is 0 Å². The lowest BCUT2D eigenvalue weighted by Gasteiger charge is -2.03. The molecule has 0 saturated carbocycles. The van der Waals surface area contributed by atoms with Gasteiger partial charge in [-0.1, -0.05) is 23.8 Å². The monoisotopic (exact) mass is 268 g/mol. The largest absolute Gasteiger partial charge is 0.476 e. The second-order valence-corrected chi connectivity index (χ2v) is 4.41. The zero-order valence-electron chi connectivity index (χ0n) is 10.8. The fraction of sp³-hybridized carbons (Fsp3) is 0.0667. The topological polar surface area (TPSA) is 63.8 Å². The Morgan fingerprint density at radius 3 is 2.65 bits per heavy atom. The number of hydrogen-bond acceptors (Lipinski definition) is 3. The summed E-state index contributed by atoms with van der Waals surface area (Å²) in [5.74, 6) is -0.431. The minimum absolute atomic E-state index is 0.0150. The van der Waals surface area contributed by atoms with Gasteiger partial charge in [-0.2, -0.15) is 4.98 Å². The van der Waals surface area contributed by atoms with Crippen LogP contribution in [0, 0.1) is 6.92 Å². The number of aryl methyl sites for hydroxylation is 1. The molecule has 0 spiro atoms. The van der Waals surface area contributed by atoms with Gasteiger partial charge in [0.15, 0.2) is 5.69 Å². The third-order valence-corrected chi connectivity index (χ3v) is 2.94. The number of carboxylic acid groups (broad SMARTS) is 1. The Hall–Kier alpha value is -2.82. The van der Waals surface area contributed by atoms with Crippen molar-refractivity contribution < 1.29 is 14.6 Å². The Morgan fingerprint density at radius 1 is 1.20 bits per heavy atom. The van der Waals surface area contributed by atoms with E-state index in [1.807, 2.05) is 19.1 Å². The molecule has 100 valence electrons. The predicted molar refractivity (Wildman–Crippen MR) is 73.4 cm³/mol. The number of carboxylic acids is 1. The van der Waals surface area contributed by atoms with Crippen molar-refractivity contribution in [1.82, 2.24) is 9.38 Å². The van der Waals surface area contributed by atoms with Gasteiger partial charge in [0, 0.05) is 6.20 Å². The summed E-state index contributed by atoms with van der Waals surface area (Å²) in [4.78, 5) is 15.6. The molecule has 0 fully saturated rings. The average molecular weight is 268 g/mol. The quantitative estimate of drug-likeness (QED) is 0.792. The fourth-order valence-corrected chi connectivity index (χ4v) is 1.96. The average Bonchev–Trinajstić information content (AvgIpc) is 2.79. The van der Waals surface area contributed by atoms with Gasteiger partial charge in [0.1, 0.15) is 11.4 Å². The van der Waals surface area contributed by atoms with Crippen LogP contribution in [0.2, 0.25) is 0 Å². The number of carbonyl (C=O) groups is 1. The molecule has 1 aromatic carbocycles. The number of fused-ring (bicyclic) bond motifs is 1. The standard InChI is InChI=1S/C15H12N2O3/c1-10-5-7-11(8-6-10)20-14-13(15(18)19)17-9-3-2-4-12(17)16-14/h2-9H,1H3,(H,18,19). The lowest BCUT2D eigenvalue weighted by molar-refractivity contribution is 0.0686. The van der Waals surface area contributed by atoms with Gasteiger partial charge in [-0.15, -0.1) is 0 Å². The van der Waals surface area contributed by atoms with E-state index in [2.05, 4.69) is 4.98 Å². The number of ether oxygens (including phenoxy) is 1. The molecule has 0 aliphatic carbocycles. The number of rotatable bonds is 3. The van der Waals surface area contributed by atoms with Crippen LogP contribution in [0.5, 0.6) is 11.6 Å². The summed E-state index contributed by atoms with van der Waals surface area (Å²) < 4.78 is 7.09. The van der Waals surface area contributed by atoms with Crippen LogP contribution in [0.25, 0.3) is 5.65 Å². The SMILES string of the molecule is Cc1ccc(Oc2nc3ccccn3c2C(=O)O)cc1. The first-order chi connectivity index (χ1) is 9.65. The van der Waals surface area contributed by atoms with Crippen LogP contribution in [-0.4, -0.2) is 20.5 Å². The summed E-state index contributed by atoms with van der Waals surface area (Å²) >= 11 is 0. The van der Waals surface area contributed by atoms with E-state index in [1.54, 1.807) is 36.5 Å². The van der Waals surface area contributed by atoms with Crippen molar-refractivity contribution in [2.45, 2.75) is 6.92 Å². The normalized spacial score (nSPS) is 10.7. The molecule has 0 aliphatic rings. The van der Waals surface area contributed by atoms with Gasteiger partial charge >= 0.3 is 5.97 Å². The van der Waals surface area contributed by atoms with Crippen molar-refractivity contribution in [1.29, 1.82) is 0 Å². The van der Waals surface area contributed by atoms with E-state index in [9.17, 15) is 9.90 Å². The molecule has 0 radical (unpaired) electrons. The third kappa shape index (κ3) is 2.09. The number of nitrogens with zero attached hydrogens (tertiary/aromatic N) is 2. The van der Waals surface area contributed by atoms with E-state index in [0.29, 0.717) is 11.4 Å². The zero-order chi connectivity index (χ0) is 14.1. The summed E-state index contributed by atoms with van der Waals surface area (Å²) in [6.45, 7) is 1.97. The van der Waals surface area contributed by atoms with Crippen LogP contribution in [0.3, 0.4) is 0 Å². The van der Waals surface area contributed by atoms with E-state index in [4.69, 9.17) is 4.74 Å². The molecule has 3 rings (SSSR count).